The first-order valence-electron chi connectivity index (χ1n) is 7.38. The minimum Gasteiger partial charge on any atom is -0.338 e. The van der Waals surface area contributed by atoms with Crippen LogP contribution in [0.3, 0.4) is 0 Å². The second-order valence-electron chi connectivity index (χ2n) is 5.49. The number of ketones is 1. The van der Waals surface area contributed by atoms with E-state index in [1.807, 2.05) is 17.8 Å². The summed E-state index contributed by atoms with van der Waals surface area (Å²) >= 11 is 0. The van der Waals surface area contributed by atoms with E-state index in [0.717, 1.165) is 31.8 Å². The third-order valence-corrected chi connectivity index (χ3v) is 4.64. The Bertz CT molecular complexity index is 428. The summed E-state index contributed by atoms with van der Waals surface area (Å²) in [6.45, 7) is 6.40. The van der Waals surface area contributed by atoms with Crippen LogP contribution in [0.1, 0.15) is 45.4 Å². The van der Waals surface area contributed by atoms with E-state index in [9.17, 15) is 4.79 Å². The average Bonchev–Trinajstić information content (AvgIpc) is 3.05. The Kier molecular flexibility index (Phi) is 4.40. The molecular formula is C15H25N3O. The van der Waals surface area contributed by atoms with E-state index in [2.05, 4.69) is 23.7 Å². The molecule has 106 valence electrons. The molecule has 1 saturated heterocycles. The average molecular weight is 263 g/mol. The van der Waals surface area contributed by atoms with Crippen molar-refractivity contribution in [1.82, 2.24) is 14.5 Å². The summed E-state index contributed by atoms with van der Waals surface area (Å²) in [4.78, 5) is 19.5. The molecule has 0 spiro atoms. The fraction of sp³-hybridized carbons (Fsp3) is 0.733. The van der Waals surface area contributed by atoms with Gasteiger partial charge in [-0.3, -0.25) is 9.69 Å². The molecule has 1 aliphatic rings. The molecule has 0 atom stereocenters. The zero-order valence-electron chi connectivity index (χ0n) is 12.4. The smallest absolute Gasteiger partial charge is 0.160 e. The molecule has 19 heavy (non-hydrogen) atoms. The predicted octanol–water partition coefficient (Wildman–Crippen LogP) is 2.19. The van der Waals surface area contributed by atoms with Gasteiger partial charge in [-0.1, -0.05) is 13.8 Å². The minimum absolute atomic E-state index is 0.275. The van der Waals surface area contributed by atoms with E-state index in [4.69, 9.17) is 0 Å². The van der Waals surface area contributed by atoms with Crippen LogP contribution in [-0.2, 0) is 18.3 Å². The zero-order valence-corrected chi connectivity index (χ0v) is 12.4. The van der Waals surface area contributed by atoms with Crippen LogP contribution in [0, 0.1) is 0 Å². The predicted molar refractivity (Wildman–Crippen MR) is 76.0 cm³/mol. The molecule has 2 rings (SSSR count). The van der Waals surface area contributed by atoms with Gasteiger partial charge in [0.05, 0.1) is 12.0 Å². The van der Waals surface area contributed by atoms with Gasteiger partial charge in [0.1, 0.15) is 5.82 Å². The van der Waals surface area contributed by atoms with Gasteiger partial charge in [0.15, 0.2) is 5.78 Å². The maximum atomic E-state index is 12.8. The Morgan fingerprint density at radius 3 is 2.42 bits per heavy atom. The SMILES string of the molecule is CCC(CC)(C(=O)Cc1nccn1C)N1CCCC1. The fourth-order valence-electron chi connectivity index (χ4n) is 3.29. The number of carbonyl (C=O) groups is 1. The van der Waals surface area contributed by atoms with Gasteiger partial charge in [-0.15, -0.1) is 0 Å². The highest BCUT2D eigenvalue weighted by Gasteiger charge is 2.41. The van der Waals surface area contributed by atoms with E-state index in [0.29, 0.717) is 12.2 Å². The van der Waals surface area contributed by atoms with Crippen LogP contribution < -0.4 is 0 Å². The van der Waals surface area contributed by atoms with Gasteiger partial charge < -0.3 is 4.57 Å². The molecule has 0 unspecified atom stereocenters. The summed E-state index contributed by atoms with van der Waals surface area (Å²) in [7, 11) is 1.95. The van der Waals surface area contributed by atoms with E-state index in [-0.39, 0.29) is 5.54 Å². The molecule has 1 aliphatic heterocycles. The maximum absolute atomic E-state index is 12.8. The Morgan fingerprint density at radius 1 is 1.32 bits per heavy atom. The third kappa shape index (κ3) is 2.59. The summed E-state index contributed by atoms with van der Waals surface area (Å²) in [5, 5.41) is 0. The van der Waals surface area contributed by atoms with Crippen LogP contribution in [0.25, 0.3) is 0 Å². The van der Waals surface area contributed by atoms with Gasteiger partial charge >= 0.3 is 0 Å². The van der Waals surface area contributed by atoms with Crippen molar-refractivity contribution in [2.75, 3.05) is 13.1 Å². The van der Waals surface area contributed by atoms with E-state index >= 15 is 0 Å². The van der Waals surface area contributed by atoms with Crippen LogP contribution in [0.5, 0.6) is 0 Å². The molecule has 4 nitrogen and oxygen atoms in total. The number of nitrogens with zero attached hydrogens (tertiary/aromatic N) is 3. The van der Waals surface area contributed by atoms with Gasteiger partial charge in [-0.2, -0.15) is 0 Å². The Hall–Kier alpha value is -1.16. The van der Waals surface area contributed by atoms with Crippen molar-refractivity contribution in [3.05, 3.63) is 18.2 Å². The number of carbonyl (C=O) groups excluding carboxylic acids is 1. The van der Waals surface area contributed by atoms with E-state index < -0.39 is 0 Å². The monoisotopic (exact) mass is 263 g/mol. The van der Waals surface area contributed by atoms with Crippen LogP contribution in [0.15, 0.2) is 12.4 Å². The molecule has 4 heteroatoms. The first kappa shape index (κ1) is 14.3. The number of aromatic nitrogens is 2. The molecule has 1 aromatic heterocycles. The molecule has 0 N–H and O–H groups in total. The number of hydrogen-bond acceptors (Lipinski definition) is 3. The Labute approximate surface area is 115 Å². The molecule has 0 radical (unpaired) electrons. The summed E-state index contributed by atoms with van der Waals surface area (Å²) in [5.74, 6) is 1.20. The van der Waals surface area contributed by atoms with E-state index in [1.165, 1.54) is 12.8 Å². The lowest BCUT2D eigenvalue weighted by atomic mass is 9.84. The van der Waals surface area contributed by atoms with Gasteiger partial charge in [0.2, 0.25) is 0 Å². The van der Waals surface area contributed by atoms with Crippen molar-refractivity contribution in [3.8, 4) is 0 Å². The largest absolute Gasteiger partial charge is 0.338 e. The van der Waals surface area contributed by atoms with E-state index in [1.54, 1.807) is 6.20 Å². The standard InChI is InChI=1S/C15H25N3O/c1-4-15(5-2,18-9-6-7-10-18)13(19)12-14-16-8-11-17(14)3/h8,11H,4-7,9-10,12H2,1-3H3. The Morgan fingerprint density at radius 2 is 1.95 bits per heavy atom. The topological polar surface area (TPSA) is 38.1 Å². The molecule has 1 aromatic rings. The molecule has 0 aliphatic carbocycles. The second kappa shape index (κ2) is 5.87. The van der Waals surface area contributed by atoms with Crippen LogP contribution in [0.4, 0.5) is 0 Å². The number of likely N-dealkylation sites (tertiary alicyclic amines) is 1. The lowest BCUT2D eigenvalue weighted by molar-refractivity contribution is -0.130. The van der Waals surface area contributed by atoms with Crippen molar-refractivity contribution in [1.29, 1.82) is 0 Å². The number of hydrogen-bond donors (Lipinski definition) is 0. The van der Waals surface area contributed by atoms with Crippen molar-refractivity contribution < 1.29 is 4.79 Å². The van der Waals surface area contributed by atoms with Crippen LogP contribution in [-0.4, -0.2) is 38.9 Å². The molecular weight excluding hydrogens is 238 g/mol. The number of rotatable bonds is 6. The lowest BCUT2D eigenvalue weighted by Gasteiger charge is -2.39. The van der Waals surface area contributed by atoms with Gasteiger partial charge in [0.25, 0.3) is 0 Å². The first-order valence-corrected chi connectivity index (χ1v) is 7.38. The highest BCUT2D eigenvalue weighted by Crippen LogP contribution is 2.30. The number of imidazole rings is 1. The lowest BCUT2D eigenvalue weighted by Crippen LogP contribution is -2.53. The minimum atomic E-state index is -0.275. The molecule has 0 amide bonds. The van der Waals surface area contributed by atoms with Gasteiger partial charge in [-0.25, -0.2) is 4.98 Å². The molecule has 0 aromatic carbocycles. The van der Waals surface area contributed by atoms with Crippen molar-refractivity contribution in [3.63, 3.8) is 0 Å². The van der Waals surface area contributed by atoms with Gasteiger partial charge in [0, 0.05) is 19.4 Å². The number of Topliss-reactive ketones (excluding diaryl/α,β-unsaturated/α-hetero) is 1. The van der Waals surface area contributed by atoms with Crippen LogP contribution >= 0.6 is 0 Å². The number of aryl methyl sites for hydroxylation is 1. The summed E-state index contributed by atoms with van der Waals surface area (Å²) in [6.07, 6.45) is 8.34. The van der Waals surface area contributed by atoms with Crippen molar-refractivity contribution in [2.45, 2.75) is 51.5 Å². The second-order valence-corrected chi connectivity index (χ2v) is 5.49. The third-order valence-electron chi connectivity index (χ3n) is 4.64. The summed E-state index contributed by atoms with van der Waals surface area (Å²) < 4.78 is 1.94. The van der Waals surface area contributed by atoms with Crippen LogP contribution in [0.2, 0.25) is 0 Å². The Balaban J connectivity index is 2.18. The fourth-order valence-corrected chi connectivity index (χ4v) is 3.29. The van der Waals surface area contributed by atoms with Gasteiger partial charge in [-0.05, 0) is 38.8 Å². The quantitative estimate of drug-likeness (QED) is 0.789. The van der Waals surface area contributed by atoms with Crippen molar-refractivity contribution in [2.24, 2.45) is 7.05 Å². The molecule has 0 saturated carbocycles. The highest BCUT2D eigenvalue weighted by molar-refractivity contribution is 5.89. The van der Waals surface area contributed by atoms with Crippen molar-refractivity contribution >= 4 is 5.78 Å². The normalized spacial score (nSPS) is 17.0. The highest BCUT2D eigenvalue weighted by atomic mass is 16.1. The molecule has 1 fully saturated rings. The summed E-state index contributed by atoms with van der Waals surface area (Å²) in [5.41, 5.74) is -0.275. The summed E-state index contributed by atoms with van der Waals surface area (Å²) in [6, 6.07) is 0. The molecule has 2 heterocycles. The molecule has 0 bridgehead atoms. The zero-order chi connectivity index (χ0) is 13.9. The first-order chi connectivity index (χ1) is 9.14. The maximum Gasteiger partial charge on any atom is 0.160 e.